The van der Waals surface area contributed by atoms with Crippen LogP contribution in [0, 0.1) is 0 Å². The van der Waals surface area contributed by atoms with Crippen molar-refractivity contribution in [2.24, 2.45) is 0 Å². The predicted octanol–water partition coefficient (Wildman–Crippen LogP) is 3.90. The molecule has 0 aliphatic carbocycles. The molecule has 1 aromatic heterocycles. The molecule has 1 atom stereocenters. The van der Waals surface area contributed by atoms with Crippen molar-refractivity contribution in [3.8, 4) is 0 Å². The Morgan fingerprint density at radius 3 is 2.65 bits per heavy atom. The summed E-state index contributed by atoms with van der Waals surface area (Å²) in [7, 11) is 0. The van der Waals surface area contributed by atoms with E-state index in [1.54, 1.807) is 0 Å². The molecule has 0 bridgehead atoms. The minimum Gasteiger partial charge on any atom is -0.388 e. The lowest BCUT2D eigenvalue weighted by atomic mass is 9.98. The molecule has 0 amide bonds. The first kappa shape index (κ1) is 12.8. The van der Waals surface area contributed by atoms with E-state index < -0.39 is 6.10 Å². The molecule has 0 aliphatic rings. The Bertz CT molecular complexity index is 689. The van der Waals surface area contributed by atoms with E-state index in [2.05, 4.69) is 17.1 Å². The van der Waals surface area contributed by atoms with E-state index in [0.717, 1.165) is 23.8 Å². The molecule has 3 aromatic rings. The number of fused-ring (bicyclic) bond motifs is 1. The molecule has 20 heavy (non-hydrogen) atoms. The number of pyridine rings is 1. The van der Waals surface area contributed by atoms with Crippen LogP contribution >= 0.6 is 0 Å². The van der Waals surface area contributed by atoms with Gasteiger partial charge < -0.3 is 5.11 Å². The normalized spacial score (nSPS) is 12.4. The van der Waals surface area contributed by atoms with Gasteiger partial charge in [-0.15, -0.1) is 0 Å². The Morgan fingerprint density at radius 1 is 0.950 bits per heavy atom. The summed E-state index contributed by atoms with van der Waals surface area (Å²) in [6.07, 6.45) is 4.88. The molecule has 0 radical (unpaired) electrons. The van der Waals surface area contributed by atoms with Crippen LogP contribution in [0.15, 0.2) is 67.0 Å². The minimum absolute atomic E-state index is 0.409. The number of rotatable bonds is 4. The van der Waals surface area contributed by atoms with E-state index in [1.165, 1.54) is 10.9 Å². The highest BCUT2D eigenvalue weighted by Crippen LogP contribution is 2.23. The van der Waals surface area contributed by atoms with E-state index in [1.807, 2.05) is 54.9 Å². The topological polar surface area (TPSA) is 33.1 Å². The summed E-state index contributed by atoms with van der Waals surface area (Å²) in [5, 5.41) is 12.6. The second-order valence-corrected chi connectivity index (χ2v) is 4.98. The highest BCUT2D eigenvalue weighted by molar-refractivity contribution is 5.84. The molecule has 0 aliphatic heterocycles. The molecule has 0 saturated heterocycles. The molecule has 2 aromatic carbocycles. The summed E-state index contributed by atoms with van der Waals surface area (Å²) in [5.41, 5.74) is 2.24. The number of hydrogen-bond acceptors (Lipinski definition) is 2. The van der Waals surface area contributed by atoms with Crippen molar-refractivity contribution in [3.63, 3.8) is 0 Å². The van der Waals surface area contributed by atoms with Gasteiger partial charge >= 0.3 is 0 Å². The zero-order chi connectivity index (χ0) is 13.8. The van der Waals surface area contributed by atoms with Crippen LogP contribution in [0.3, 0.4) is 0 Å². The van der Waals surface area contributed by atoms with Crippen LogP contribution < -0.4 is 0 Å². The molecular weight excluding hydrogens is 246 g/mol. The fraction of sp³-hybridized carbons (Fsp3) is 0.167. The third-order valence-electron chi connectivity index (χ3n) is 3.64. The van der Waals surface area contributed by atoms with Gasteiger partial charge in [0.2, 0.25) is 0 Å². The van der Waals surface area contributed by atoms with Crippen LogP contribution in [0.25, 0.3) is 10.8 Å². The van der Waals surface area contributed by atoms with Gasteiger partial charge in [-0.05, 0) is 35.4 Å². The first-order chi connectivity index (χ1) is 9.84. The zero-order valence-corrected chi connectivity index (χ0v) is 11.2. The smallest absolute Gasteiger partial charge is 0.0793 e. The molecule has 1 heterocycles. The average Bonchev–Trinajstić information content (AvgIpc) is 2.53. The molecule has 0 spiro atoms. The second kappa shape index (κ2) is 5.85. The van der Waals surface area contributed by atoms with Crippen molar-refractivity contribution in [3.05, 3.63) is 78.1 Å². The number of aromatic nitrogens is 1. The predicted molar refractivity (Wildman–Crippen MR) is 81.5 cm³/mol. The summed E-state index contributed by atoms with van der Waals surface area (Å²) < 4.78 is 0. The van der Waals surface area contributed by atoms with E-state index in [9.17, 15) is 5.11 Å². The number of aryl methyl sites for hydroxylation is 1. The molecule has 0 fully saturated rings. The highest BCUT2D eigenvalue weighted by atomic mass is 16.3. The van der Waals surface area contributed by atoms with Crippen LogP contribution in [-0.4, -0.2) is 10.1 Å². The third-order valence-corrected chi connectivity index (χ3v) is 3.64. The van der Waals surface area contributed by atoms with Gasteiger partial charge in [0.05, 0.1) is 6.10 Å². The Labute approximate surface area is 118 Å². The van der Waals surface area contributed by atoms with Gasteiger partial charge in [-0.1, -0.05) is 48.5 Å². The zero-order valence-electron chi connectivity index (χ0n) is 11.2. The van der Waals surface area contributed by atoms with Crippen LogP contribution in [0.5, 0.6) is 0 Å². The maximum absolute atomic E-state index is 10.2. The maximum Gasteiger partial charge on any atom is 0.0793 e. The lowest BCUT2D eigenvalue weighted by Crippen LogP contribution is -1.99. The van der Waals surface area contributed by atoms with Gasteiger partial charge in [-0.2, -0.15) is 0 Å². The maximum atomic E-state index is 10.2. The van der Waals surface area contributed by atoms with E-state index >= 15 is 0 Å². The fourth-order valence-electron chi connectivity index (χ4n) is 2.54. The summed E-state index contributed by atoms with van der Waals surface area (Å²) in [6, 6.07) is 18.1. The van der Waals surface area contributed by atoms with E-state index in [0.29, 0.717) is 0 Å². The van der Waals surface area contributed by atoms with Gasteiger partial charge in [-0.3, -0.25) is 4.98 Å². The van der Waals surface area contributed by atoms with Crippen LogP contribution in [-0.2, 0) is 6.42 Å². The lowest BCUT2D eigenvalue weighted by molar-refractivity contribution is 0.168. The molecule has 1 N–H and O–H groups in total. The minimum atomic E-state index is -0.409. The molecule has 2 nitrogen and oxygen atoms in total. The number of nitrogens with zero attached hydrogens (tertiary/aromatic N) is 1. The summed E-state index contributed by atoms with van der Waals surface area (Å²) in [6.45, 7) is 0. The van der Waals surface area contributed by atoms with Crippen molar-refractivity contribution in [1.29, 1.82) is 0 Å². The Morgan fingerprint density at radius 2 is 1.80 bits per heavy atom. The summed E-state index contributed by atoms with van der Waals surface area (Å²) in [4.78, 5) is 4.15. The standard InChI is InChI=1S/C18H17NO/c20-18(15-5-2-1-3-6-15)10-9-14-7-4-8-16-13-19-12-11-17(14)16/h1-8,11-13,18,20H,9-10H2. The number of aliphatic hydroxyl groups excluding tert-OH is 1. The van der Waals surface area contributed by atoms with Crippen molar-refractivity contribution in [2.75, 3.05) is 0 Å². The molecule has 100 valence electrons. The van der Waals surface area contributed by atoms with Gasteiger partial charge in [0.25, 0.3) is 0 Å². The first-order valence-electron chi connectivity index (χ1n) is 6.89. The Hall–Kier alpha value is -2.19. The number of hydrogen-bond donors (Lipinski definition) is 1. The average molecular weight is 263 g/mol. The van der Waals surface area contributed by atoms with Crippen LogP contribution in [0.4, 0.5) is 0 Å². The highest BCUT2D eigenvalue weighted by Gasteiger charge is 2.08. The van der Waals surface area contributed by atoms with Crippen LogP contribution in [0.1, 0.15) is 23.7 Å². The summed E-state index contributed by atoms with van der Waals surface area (Å²) in [5.74, 6) is 0. The van der Waals surface area contributed by atoms with Crippen molar-refractivity contribution >= 4 is 10.8 Å². The van der Waals surface area contributed by atoms with Crippen molar-refractivity contribution < 1.29 is 5.11 Å². The first-order valence-corrected chi connectivity index (χ1v) is 6.89. The van der Waals surface area contributed by atoms with Crippen molar-refractivity contribution in [2.45, 2.75) is 18.9 Å². The monoisotopic (exact) mass is 263 g/mol. The van der Waals surface area contributed by atoms with Gasteiger partial charge in [0, 0.05) is 17.8 Å². The van der Waals surface area contributed by atoms with Gasteiger partial charge in [-0.25, -0.2) is 0 Å². The van der Waals surface area contributed by atoms with E-state index in [-0.39, 0.29) is 0 Å². The Balaban J connectivity index is 1.77. The molecule has 1 unspecified atom stereocenters. The fourth-order valence-corrected chi connectivity index (χ4v) is 2.54. The number of aliphatic hydroxyl groups is 1. The largest absolute Gasteiger partial charge is 0.388 e. The summed E-state index contributed by atoms with van der Waals surface area (Å²) >= 11 is 0. The molecular formula is C18H17NO. The van der Waals surface area contributed by atoms with E-state index in [4.69, 9.17) is 0 Å². The third kappa shape index (κ3) is 2.70. The van der Waals surface area contributed by atoms with Gasteiger partial charge in [0.15, 0.2) is 0 Å². The molecule has 2 heteroatoms. The second-order valence-electron chi connectivity index (χ2n) is 4.98. The van der Waals surface area contributed by atoms with Crippen LogP contribution in [0.2, 0.25) is 0 Å². The molecule has 3 rings (SSSR count). The Kier molecular flexibility index (Phi) is 3.75. The molecule has 0 saturated carbocycles. The lowest BCUT2D eigenvalue weighted by Gasteiger charge is -2.12. The van der Waals surface area contributed by atoms with Crippen molar-refractivity contribution in [1.82, 2.24) is 4.98 Å². The SMILES string of the molecule is OC(CCc1cccc2cnccc12)c1ccccc1. The van der Waals surface area contributed by atoms with Gasteiger partial charge in [0.1, 0.15) is 0 Å². The quantitative estimate of drug-likeness (QED) is 0.774. The number of benzene rings is 2.